The number of hydrogen-bond donors (Lipinski definition) is 1. The van der Waals surface area contributed by atoms with E-state index in [1.54, 1.807) is 6.20 Å². The molecule has 0 bridgehead atoms. The second-order valence-electron chi connectivity index (χ2n) is 3.33. The molecule has 0 aliphatic carbocycles. The summed E-state index contributed by atoms with van der Waals surface area (Å²) in [5, 5.41) is 7.92. The fourth-order valence-electron chi connectivity index (χ4n) is 0.943. The summed E-state index contributed by atoms with van der Waals surface area (Å²) in [6.07, 6.45) is 1.69. The molecule has 1 aromatic heterocycles. The number of nitrogens with two attached hydrogens (primary N) is 1. The fourth-order valence-corrected chi connectivity index (χ4v) is 0.943. The van der Waals surface area contributed by atoms with Gasteiger partial charge >= 0.3 is 0 Å². The standard InChI is InChI=1S/C9H16N4/c1-7(2)13(3)9-4-8(5-10)6-11-12-9/h4,6-7H,5,10H2,1-3H3. The summed E-state index contributed by atoms with van der Waals surface area (Å²) >= 11 is 0. The summed E-state index contributed by atoms with van der Waals surface area (Å²) in [5.41, 5.74) is 6.52. The molecular weight excluding hydrogens is 164 g/mol. The molecule has 0 spiro atoms. The highest BCUT2D eigenvalue weighted by atomic mass is 15.3. The van der Waals surface area contributed by atoms with Gasteiger partial charge in [0.2, 0.25) is 0 Å². The van der Waals surface area contributed by atoms with Crippen LogP contribution in [0.3, 0.4) is 0 Å². The lowest BCUT2D eigenvalue weighted by Crippen LogP contribution is -2.27. The summed E-state index contributed by atoms with van der Waals surface area (Å²) in [5.74, 6) is 0.873. The third-order valence-corrected chi connectivity index (χ3v) is 2.07. The molecule has 0 aromatic carbocycles. The van der Waals surface area contributed by atoms with Crippen LogP contribution in [0.4, 0.5) is 5.82 Å². The van der Waals surface area contributed by atoms with Crippen LogP contribution in [0.15, 0.2) is 12.3 Å². The van der Waals surface area contributed by atoms with E-state index in [2.05, 4.69) is 28.9 Å². The molecule has 2 N–H and O–H groups in total. The number of nitrogens with zero attached hydrogens (tertiary/aromatic N) is 3. The zero-order valence-corrected chi connectivity index (χ0v) is 8.36. The lowest BCUT2D eigenvalue weighted by molar-refractivity contribution is 0.731. The molecule has 4 heteroatoms. The second-order valence-corrected chi connectivity index (χ2v) is 3.33. The maximum Gasteiger partial charge on any atom is 0.151 e. The first-order valence-electron chi connectivity index (χ1n) is 4.39. The van der Waals surface area contributed by atoms with Crippen LogP contribution in [0.25, 0.3) is 0 Å². The van der Waals surface area contributed by atoms with E-state index in [9.17, 15) is 0 Å². The normalized spacial score (nSPS) is 10.5. The van der Waals surface area contributed by atoms with E-state index in [-0.39, 0.29) is 0 Å². The first kappa shape index (κ1) is 9.92. The molecule has 0 aliphatic heterocycles. The molecule has 0 saturated carbocycles. The smallest absolute Gasteiger partial charge is 0.151 e. The fraction of sp³-hybridized carbons (Fsp3) is 0.556. The van der Waals surface area contributed by atoms with E-state index < -0.39 is 0 Å². The van der Waals surface area contributed by atoms with Gasteiger partial charge in [-0.15, -0.1) is 5.10 Å². The summed E-state index contributed by atoms with van der Waals surface area (Å²) < 4.78 is 0. The molecule has 4 nitrogen and oxygen atoms in total. The van der Waals surface area contributed by atoms with Crippen molar-refractivity contribution in [1.29, 1.82) is 0 Å². The Morgan fingerprint density at radius 2 is 2.23 bits per heavy atom. The number of rotatable bonds is 3. The topological polar surface area (TPSA) is 55.0 Å². The van der Waals surface area contributed by atoms with E-state index in [1.165, 1.54) is 0 Å². The van der Waals surface area contributed by atoms with Gasteiger partial charge in [0, 0.05) is 19.6 Å². The molecule has 0 atom stereocenters. The van der Waals surface area contributed by atoms with Gasteiger partial charge in [0.25, 0.3) is 0 Å². The first-order chi connectivity index (χ1) is 6.15. The Bertz CT molecular complexity index is 272. The molecule has 1 heterocycles. The van der Waals surface area contributed by atoms with Crippen molar-refractivity contribution in [2.45, 2.75) is 26.4 Å². The molecule has 0 unspecified atom stereocenters. The Hall–Kier alpha value is -1.16. The van der Waals surface area contributed by atoms with Gasteiger partial charge in [-0.25, -0.2) is 0 Å². The number of aromatic nitrogens is 2. The van der Waals surface area contributed by atoms with Gasteiger partial charge < -0.3 is 10.6 Å². The SMILES string of the molecule is CC(C)N(C)c1cc(CN)cnn1. The Labute approximate surface area is 78.8 Å². The van der Waals surface area contributed by atoms with Gasteiger partial charge in [-0.05, 0) is 25.5 Å². The minimum atomic E-state index is 0.419. The Morgan fingerprint density at radius 1 is 1.54 bits per heavy atom. The van der Waals surface area contributed by atoms with Crippen LogP contribution in [0.2, 0.25) is 0 Å². The van der Waals surface area contributed by atoms with Crippen molar-refractivity contribution in [2.75, 3.05) is 11.9 Å². The molecule has 13 heavy (non-hydrogen) atoms. The lowest BCUT2D eigenvalue weighted by atomic mass is 10.3. The predicted molar refractivity (Wildman–Crippen MR) is 53.5 cm³/mol. The third-order valence-electron chi connectivity index (χ3n) is 2.07. The average molecular weight is 180 g/mol. The van der Waals surface area contributed by atoms with Gasteiger partial charge in [0.05, 0.1) is 6.20 Å². The maximum atomic E-state index is 5.51. The van der Waals surface area contributed by atoms with Gasteiger partial charge in [0.15, 0.2) is 5.82 Å². The molecule has 0 amide bonds. The Balaban J connectivity index is 2.88. The highest BCUT2D eigenvalue weighted by Crippen LogP contribution is 2.11. The van der Waals surface area contributed by atoms with E-state index in [0.29, 0.717) is 12.6 Å². The number of anilines is 1. The molecule has 1 rings (SSSR count). The lowest BCUT2D eigenvalue weighted by Gasteiger charge is -2.21. The van der Waals surface area contributed by atoms with Crippen molar-refractivity contribution in [3.8, 4) is 0 Å². The number of hydrogen-bond acceptors (Lipinski definition) is 4. The molecule has 0 aliphatic rings. The third kappa shape index (κ3) is 2.39. The van der Waals surface area contributed by atoms with Crippen molar-refractivity contribution >= 4 is 5.82 Å². The summed E-state index contributed by atoms with van der Waals surface area (Å²) in [7, 11) is 2.00. The van der Waals surface area contributed by atoms with Crippen molar-refractivity contribution < 1.29 is 0 Å². The zero-order chi connectivity index (χ0) is 9.84. The summed E-state index contributed by atoms with van der Waals surface area (Å²) in [4.78, 5) is 2.06. The first-order valence-corrected chi connectivity index (χ1v) is 4.39. The molecular formula is C9H16N4. The molecule has 0 saturated heterocycles. The van der Waals surface area contributed by atoms with E-state index in [4.69, 9.17) is 5.73 Å². The largest absolute Gasteiger partial charge is 0.356 e. The average Bonchev–Trinajstić information content (AvgIpc) is 2.16. The van der Waals surface area contributed by atoms with Crippen LogP contribution in [-0.2, 0) is 6.54 Å². The maximum absolute atomic E-state index is 5.51. The van der Waals surface area contributed by atoms with Crippen molar-refractivity contribution in [1.82, 2.24) is 10.2 Å². The van der Waals surface area contributed by atoms with Crippen molar-refractivity contribution in [3.05, 3.63) is 17.8 Å². The van der Waals surface area contributed by atoms with Gasteiger partial charge in [-0.2, -0.15) is 5.10 Å². The minimum absolute atomic E-state index is 0.419. The van der Waals surface area contributed by atoms with Crippen LogP contribution in [0.5, 0.6) is 0 Å². The summed E-state index contributed by atoms with van der Waals surface area (Å²) in [6.45, 7) is 4.72. The van der Waals surface area contributed by atoms with E-state index in [1.807, 2.05) is 13.1 Å². The van der Waals surface area contributed by atoms with Crippen LogP contribution in [-0.4, -0.2) is 23.3 Å². The van der Waals surface area contributed by atoms with Crippen molar-refractivity contribution in [3.63, 3.8) is 0 Å². The quantitative estimate of drug-likeness (QED) is 0.746. The predicted octanol–water partition coefficient (Wildman–Crippen LogP) is 0.780. The monoisotopic (exact) mass is 180 g/mol. The molecule has 72 valence electrons. The second kappa shape index (κ2) is 4.18. The van der Waals surface area contributed by atoms with Crippen LogP contribution in [0, 0.1) is 0 Å². The van der Waals surface area contributed by atoms with E-state index >= 15 is 0 Å². The van der Waals surface area contributed by atoms with Gasteiger partial charge in [-0.1, -0.05) is 0 Å². The Kier molecular flexibility index (Phi) is 3.19. The molecule has 0 radical (unpaired) electrons. The van der Waals surface area contributed by atoms with Crippen molar-refractivity contribution in [2.24, 2.45) is 5.73 Å². The molecule has 0 fully saturated rings. The van der Waals surface area contributed by atoms with Gasteiger partial charge in [-0.3, -0.25) is 0 Å². The van der Waals surface area contributed by atoms with E-state index in [0.717, 1.165) is 11.4 Å². The zero-order valence-electron chi connectivity index (χ0n) is 8.36. The van der Waals surface area contributed by atoms with Crippen LogP contribution >= 0.6 is 0 Å². The van der Waals surface area contributed by atoms with Crippen LogP contribution < -0.4 is 10.6 Å². The highest BCUT2D eigenvalue weighted by Gasteiger charge is 2.06. The summed E-state index contributed by atoms with van der Waals surface area (Å²) in [6, 6.07) is 2.38. The minimum Gasteiger partial charge on any atom is -0.356 e. The van der Waals surface area contributed by atoms with Crippen LogP contribution in [0.1, 0.15) is 19.4 Å². The highest BCUT2D eigenvalue weighted by molar-refractivity contribution is 5.39. The van der Waals surface area contributed by atoms with Gasteiger partial charge in [0.1, 0.15) is 0 Å². The Morgan fingerprint density at radius 3 is 2.77 bits per heavy atom. The molecule has 1 aromatic rings.